The zero-order chi connectivity index (χ0) is 23.3. The Bertz CT molecular complexity index is 965. The van der Waals surface area contributed by atoms with Gasteiger partial charge in [-0.1, -0.05) is 19.9 Å². The van der Waals surface area contributed by atoms with E-state index in [4.69, 9.17) is 4.74 Å². The van der Waals surface area contributed by atoms with Crippen molar-refractivity contribution < 1.29 is 19.1 Å². The van der Waals surface area contributed by atoms with Crippen molar-refractivity contribution in [2.75, 3.05) is 29.9 Å². The Balaban J connectivity index is 1.52. The lowest BCUT2D eigenvalue weighted by Gasteiger charge is -2.17. The number of rotatable bonds is 8. The van der Waals surface area contributed by atoms with Crippen LogP contribution in [-0.4, -0.2) is 37.4 Å². The zero-order valence-electron chi connectivity index (χ0n) is 19.1. The second-order valence-corrected chi connectivity index (χ2v) is 8.75. The molecule has 0 saturated carbocycles. The molecule has 7 heteroatoms. The largest absolute Gasteiger partial charge is 0.484 e. The van der Waals surface area contributed by atoms with Gasteiger partial charge in [0.25, 0.3) is 5.91 Å². The standard InChI is InChI=1S/C25H31N3O4/c1-16(2)13-26-25(31)19-12-24(30)28(14-19)21-5-7-22(8-6-21)32-15-23(29)27-20-10-17(3)9-18(4)11-20/h5-11,16,19H,12-15H2,1-4H3,(H,26,31)(H,27,29). The lowest BCUT2D eigenvalue weighted by molar-refractivity contribution is -0.126. The molecular weight excluding hydrogens is 406 g/mol. The van der Waals surface area contributed by atoms with Crippen LogP contribution in [0, 0.1) is 25.7 Å². The molecular formula is C25H31N3O4. The summed E-state index contributed by atoms with van der Waals surface area (Å²) in [6.07, 6.45) is 0.209. The van der Waals surface area contributed by atoms with Crippen LogP contribution in [0.15, 0.2) is 42.5 Å². The Kier molecular flexibility index (Phi) is 7.51. The van der Waals surface area contributed by atoms with Gasteiger partial charge in [-0.25, -0.2) is 0 Å². The maximum atomic E-state index is 12.4. The highest BCUT2D eigenvalue weighted by molar-refractivity contribution is 6.00. The first kappa shape index (κ1) is 23.3. The third kappa shape index (κ3) is 6.33. The van der Waals surface area contributed by atoms with E-state index in [2.05, 4.69) is 10.6 Å². The molecule has 3 amide bonds. The van der Waals surface area contributed by atoms with Gasteiger partial charge in [-0.3, -0.25) is 14.4 Å². The molecule has 1 aliphatic heterocycles. The predicted molar refractivity (Wildman–Crippen MR) is 125 cm³/mol. The van der Waals surface area contributed by atoms with Crippen molar-refractivity contribution in [2.24, 2.45) is 11.8 Å². The number of ether oxygens (including phenoxy) is 1. The third-order valence-electron chi connectivity index (χ3n) is 5.20. The van der Waals surface area contributed by atoms with E-state index >= 15 is 0 Å². The van der Waals surface area contributed by atoms with Gasteiger partial charge in [0.1, 0.15) is 5.75 Å². The minimum absolute atomic E-state index is 0.0730. The fraction of sp³-hybridized carbons (Fsp3) is 0.400. The second kappa shape index (κ2) is 10.3. The van der Waals surface area contributed by atoms with Crippen LogP contribution in [-0.2, 0) is 14.4 Å². The van der Waals surface area contributed by atoms with Gasteiger partial charge >= 0.3 is 0 Å². The summed E-state index contributed by atoms with van der Waals surface area (Å²) < 4.78 is 5.58. The number of hydrogen-bond donors (Lipinski definition) is 2. The van der Waals surface area contributed by atoms with Gasteiger partial charge in [0.2, 0.25) is 11.8 Å². The molecule has 0 aliphatic carbocycles. The zero-order valence-corrected chi connectivity index (χ0v) is 19.1. The van der Waals surface area contributed by atoms with Gasteiger partial charge < -0.3 is 20.3 Å². The van der Waals surface area contributed by atoms with Crippen LogP contribution in [0.25, 0.3) is 0 Å². The second-order valence-electron chi connectivity index (χ2n) is 8.75. The first-order chi connectivity index (χ1) is 15.2. The highest BCUT2D eigenvalue weighted by Gasteiger charge is 2.35. The van der Waals surface area contributed by atoms with Gasteiger partial charge in [0.05, 0.1) is 5.92 Å². The molecule has 1 heterocycles. The van der Waals surface area contributed by atoms with Crippen molar-refractivity contribution in [1.29, 1.82) is 0 Å². The molecule has 32 heavy (non-hydrogen) atoms. The summed E-state index contributed by atoms with van der Waals surface area (Å²) in [6, 6.07) is 12.8. The van der Waals surface area contributed by atoms with E-state index in [0.29, 0.717) is 30.4 Å². The van der Waals surface area contributed by atoms with Crippen molar-refractivity contribution in [2.45, 2.75) is 34.1 Å². The van der Waals surface area contributed by atoms with Crippen LogP contribution in [0.5, 0.6) is 5.75 Å². The first-order valence-corrected chi connectivity index (χ1v) is 10.9. The van der Waals surface area contributed by atoms with E-state index in [0.717, 1.165) is 16.8 Å². The number of nitrogens with zero attached hydrogens (tertiary/aromatic N) is 1. The van der Waals surface area contributed by atoms with Crippen molar-refractivity contribution in [1.82, 2.24) is 5.32 Å². The smallest absolute Gasteiger partial charge is 0.262 e. The molecule has 1 fully saturated rings. The van der Waals surface area contributed by atoms with Crippen molar-refractivity contribution in [3.63, 3.8) is 0 Å². The molecule has 1 atom stereocenters. The molecule has 2 aromatic rings. The molecule has 1 saturated heterocycles. The maximum absolute atomic E-state index is 12.4. The Morgan fingerprint density at radius 3 is 2.38 bits per heavy atom. The van der Waals surface area contributed by atoms with Crippen molar-refractivity contribution >= 4 is 29.1 Å². The Labute approximate surface area is 189 Å². The molecule has 2 aromatic carbocycles. The van der Waals surface area contributed by atoms with Gasteiger partial charge in [0.15, 0.2) is 6.61 Å². The summed E-state index contributed by atoms with van der Waals surface area (Å²) in [6.45, 7) is 8.87. The molecule has 170 valence electrons. The molecule has 7 nitrogen and oxygen atoms in total. The summed E-state index contributed by atoms with van der Waals surface area (Å²) >= 11 is 0. The lowest BCUT2D eigenvalue weighted by Crippen LogP contribution is -2.35. The fourth-order valence-electron chi connectivity index (χ4n) is 3.70. The van der Waals surface area contributed by atoms with Crippen LogP contribution in [0.3, 0.4) is 0 Å². The number of hydrogen-bond acceptors (Lipinski definition) is 4. The van der Waals surface area contributed by atoms with E-state index in [-0.39, 0.29) is 36.7 Å². The minimum Gasteiger partial charge on any atom is -0.484 e. The minimum atomic E-state index is -0.342. The van der Waals surface area contributed by atoms with Gasteiger partial charge in [-0.15, -0.1) is 0 Å². The molecule has 1 unspecified atom stereocenters. The first-order valence-electron chi connectivity index (χ1n) is 10.9. The van der Waals surface area contributed by atoms with Crippen LogP contribution in [0.1, 0.15) is 31.4 Å². The van der Waals surface area contributed by atoms with Crippen LogP contribution in [0.2, 0.25) is 0 Å². The van der Waals surface area contributed by atoms with E-state index < -0.39 is 0 Å². The SMILES string of the molecule is Cc1cc(C)cc(NC(=O)COc2ccc(N3CC(C(=O)NCC(C)C)CC3=O)cc2)c1. The van der Waals surface area contributed by atoms with E-state index in [1.807, 2.05) is 45.9 Å². The Hall–Kier alpha value is -3.35. The summed E-state index contributed by atoms with van der Waals surface area (Å²) in [7, 11) is 0. The van der Waals surface area contributed by atoms with Crippen LogP contribution in [0.4, 0.5) is 11.4 Å². The van der Waals surface area contributed by atoms with Crippen molar-refractivity contribution in [3.8, 4) is 5.75 Å². The number of aryl methyl sites for hydroxylation is 2. The quantitative estimate of drug-likeness (QED) is 0.662. The number of benzene rings is 2. The van der Waals surface area contributed by atoms with Gasteiger partial charge in [-0.2, -0.15) is 0 Å². The molecule has 2 N–H and O–H groups in total. The lowest BCUT2D eigenvalue weighted by atomic mass is 10.1. The third-order valence-corrected chi connectivity index (χ3v) is 5.20. The monoisotopic (exact) mass is 437 g/mol. The number of nitrogens with one attached hydrogen (secondary N) is 2. The maximum Gasteiger partial charge on any atom is 0.262 e. The number of carbonyl (C=O) groups is 3. The molecule has 0 aromatic heterocycles. The summed E-state index contributed by atoms with van der Waals surface area (Å²) in [5.74, 6) is 0.153. The molecule has 3 rings (SSSR count). The summed E-state index contributed by atoms with van der Waals surface area (Å²) in [5, 5.41) is 5.73. The topological polar surface area (TPSA) is 87.7 Å². The summed E-state index contributed by atoms with van der Waals surface area (Å²) in [5.41, 5.74) is 3.60. The number of amides is 3. The van der Waals surface area contributed by atoms with E-state index in [9.17, 15) is 14.4 Å². The summed E-state index contributed by atoms with van der Waals surface area (Å²) in [4.78, 5) is 38.5. The normalized spacial score (nSPS) is 15.7. The Morgan fingerprint density at radius 1 is 1.09 bits per heavy atom. The van der Waals surface area contributed by atoms with Gasteiger partial charge in [-0.05, 0) is 67.3 Å². The highest BCUT2D eigenvalue weighted by atomic mass is 16.5. The van der Waals surface area contributed by atoms with Gasteiger partial charge in [0, 0.05) is 30.9 Å². The number of anilines is 2. The molecule has 0 bridgehead atoms. The average molecular weight is 438 g/mol. The Morgan fingerprint density at radius 2 is 1.75 bits per heavy atom. The molecule has 0 spiro atoms. The molecule has 1 aliphatic rings. The van der Waals surface area contributed by atoms with Crippen LogP contribution < -0.4 is 20.3 Å². The van der Waals surface area contributed by atoms with Crippen LogP contribution >= 0.6 is 0 Å². The predicted octanol–water partition coefficient (Wildman–Crippen LogP) is 3.45. The average Bonchev–Trinajstić information content (AvgIpc) is 3.12. The molecule has 0 radical (unpaired) electrons. The fourth-order valence-corrected chi connectivity index (χ4v) is 3.70. The van der Waals surface area contributed by atoms with E-state index in [1.165, 1.54) is 0 Å². The van der Waals surface area contributed by atoms with E-state index in [1.54, 1.807) is 29.2 Å². The number of carbonyl (C=O) groups excluding carboxylic acids is 3. The van der Waals surface area contributed by atoms with Crippen molar-refractivity contribution in [3.05, 3.63) is 53.6 Å². The highest BCUT2D eigenvalue weighted by Crippen LogP contribution is 2.27.